The summed E-state index contributed by atoms with van der Waals surface area (Å²) in [5.74, 6) is -1.66. The number of halogens is 3. The van der Waals surface area contributed by atoms with E-state index in [-0.39, 0.29) is 5.56 Å². The summed E-state index contributed by atoms with van der Waals surface area (Å²) in [5, 5.41) is 0. The molecule has 1 nitrogen and oxygen atoms in total. The van der Waals surface area contributed by atoms with E-state index in [4.69, 9.17) is 0 Å². The van der Waals surface area contributed by atoms with Crippen molar-refractivity contribution in [2.45, 2.75) is 39.3 Å². The van der Waals surface area contributed by atoms with Crippen molar-refractivity contribution in [3.8, 4) is 0 Å². The largest absolute Gasteiger partial charge is 0.399 e. The highest BCUT2D eigenvalue weighted by Crippen LogP contribution is 2.37. The molecular formula is C21H21F3O. The first-order valence-corrected chi connectivity index (χ1v) is 8.15. The Morgan fingerprint density at radius 1 is 1.08 bits per heavy atom. The Balaban J connectivity index is 2.41. The van der Waals surface area contributed by atoms with Gasteiger partial charge >= 0.3 is 6.18 Å². The van der Waals surface area contributed by atoms with Gasteiger partial charge in [0.15, 0.2) is 0 Å². The van der Waals surface area contributed by atoms with Crippen molar-refractivity contribution < 1.29 is 18.0 Å². The zero-order valence-corrected chi connectivity index (χ0v) is 14.5. The smallest absolute Gasteiger partial charge is 0.298 e. The molecule has 1 unspecified atom stereocenters. The van der Waals surface area contributed by atoms with E-state index in [1.807, 2.05) is 13.0 Å². The molecular weight excluding hydrogens is 325 g/mol. The Kier molecular flexibility index (Phi) is 5.83. The lowest BCUT2D eigenvalue weighted by atomic mass is 9.93. The lowest BCUT2D eigenvalue weighted by Crippen LogP contribution is -2.19. The van der Waals surface area contributed by atoms with Crippen LogP contribution in [0.25, 0.3) is 6.08 Å². The second kappa shape index (κ2) is 7.68. The van der Waals surface area contributed by atoms with Crippen LogP contribution in [0.2, 0.25) is 0 Å². The van der Waals surface area contributed by atoms with Crippen molar-refractivity contribution >= 4 is 12.4 Å². The number of carbonyl (C=O) groups is 1. The molecule has 4 heteroatoms. The number of rotatable bonds is 5. The first-order chi connectivity index (χ1) is 11.7. The number of aldehydes is 1. The minimum Gasteiger partial charge on any atom is -0.298 e. The third kappa shape index (κ3) is 4.81. The normalized spacial score (nSPS) is 13.2. The highest BCUT2D eigenvalue weighted by Gasteiger charge is 2.39. The SMILES string of the molecule is CCc1cc(C)cc(C(/C=C/c2ccc(C=O)c(C)c2)C(F)(F)F)c1. The second-order valence-corrected chi connectivity index (χ2v) is 6.22. The van der Waals surface area contributed by atoms with Crippen LogP contribution in [-0.4, -0.2) is 12.5 Å². The van der Waals surface area contributed by atoms with Crippen LogP contribution in [0.15, 0.2) is 42.5 Å². The zero-order valence-electron chi connectivity index (χ0n) is 14.5. The van der Waals surface area contributed by atoms with Crippen molar-refractivity contribution in [2.75, 3.05) is 0 Å². The van der Waals surface area contributed by atoms with E-state index in [2.05, 4.69) is 0 Å². The number of allylic oxidation sites excluding steroid dienone is 1. The van der Waals surface area contributed by atoms with Crippen LogP contribution in [-0.2, 0) is 6.42 Å². The third-order valence-corrected chi connectivity index (χ3v) is 4.18. The molecule has 0 saturated carbocycles. The summed E-state index contributed by atoms with van der Waals surface area (Å²) >= 11 is 0. The van der Waals surface area contributed by atoms with E-state index < -0.39 is 12.1 Å². The Morgan fingerprint density at radius 3 is 2.36 bits per heavy atom. The number of hydrogen-bond donors (Lipinski definition) is 0. The first kappa shape index (κ1) is 19.0. The number of benzene rings is 2. The maximum Gasteiger partial charge on any atom is 0.399 e. The molecule has 0 heterocycles. The predicted octanol–water partition coefficient (Wildman–Crippen LogP) is 6.04. The summed E-state index contributed by atoms with van der Waals surface area (Å²) in [6.07, 6.45) is -0.292. The summed E-state index contributed by atoms with van der Waals surface area (Å²) in [5.41, 5.74) is 3.88. The van der Waals surface area contributed by atoms with E-state index in [0.717, 1.165) is 23.0 Å². The van der Waals surface area contributed by atoms with Gasteiger partial charge in [0, 0.05) is 5.56 Å². The maximum atomic E-state index is 13.6. The van der Waals surface area contributed by atoms with Crippen LogP contribution in [0.1, 0.15) is 51.0 Å². The standard InChI is InChI=1S/C21H21F3O/c1-4-16-9-14(2)10-19(12-16)20(21(22,23)24)8-6-17-5-7-18(13-25)15(3)11-17/h5-13,20H,4H2,1-3H3/b8-6+. The summed E-state index contributed by atoms with van der Waals surface area (Å²) in [6, 6.07) is 10.1. The molecule has 0 spiro atoms. The van der Waals surface area contributed by atoms with Crippen LogP contribution in [0, 0.1) is 13.8 Å². The molecule has 2 aromatic rings. The zero-order chi connectivity index (χ0) is 18.6. The van der Waals surface area contributed by atoms with Gasteiger partial charge < -0.3 is 0 Å². The van der Waals surface area contributed by atoms with Crippen molar-refractivity contribution in [3.63, 3.8) is 0 Å². The molecule has 0 amide bonds. The lowest BCUT2D eigenvalue weighted by Gasteiger charge is -2.19. The lowest BCUT2D eigenvalue weighted by molar-refractivity contribution is -0.139. The predicted molar refractivity (Wildman–Crippen MR) is 95.0 cm³/mol. The number of aryl methyl sites for hydroxylation is 3. The van der Waals surface area contributed by atoms with E-state index in [1.165, 1.54) is 12.2 Å². The average Bonchev–Trinajstić information content (AvgIpc) is 2.53. The number of hydrogen-bond acceptors (Lipinski definition) is 1. The number of carbonyl (C=O) groups excluding carboxylic acids is 1. The highest BCUT2D eigenvalue weighted by atomic mass is 19.4. The fourth-order valence-electron chi connectivity index (χ4n) is 2.83. The fourth-order valence-corrected chi connectivity index (χ4v) is 2.83. The van der Waals surface area contributed by atoms with Crippen LogP contribution in [0.4, 0.5) is 13.2 Å². The van der Waals surface area contributed by atoms with Gasteiger partial charge in [-0.3, -0.25) is 4.79 Å². The van der Waals surface area contributed by atoms with Crippen LogP contribution < -0.4 is 0 Å². The molecule has 0 aliphatic heterocycles. The Morgan fingerprint density at radius 2 is 1.80 bits per heavy atom. The molecule has 0 aromatic heterocycles. The summed E-state index contributed by atoms with van der Waals surface area (Å²) < 4.78 is 40.7. The minimum atomic E-state index is -4.37. The molecule has 0 radical (unpaired) electrons. The summed E-state index contributed by atoms with van der Waals surface area (Å²) in [7, 11) is 0. The van der Waals surface area contributed by atoms with E-state index >= 15 is 0 Å². The van der Waals surface area contributed by atoms with Gasteiger partial charge in [0.05, 0.1) is 5.92 Å². The Hall–Kier alpha value is -2.36. The second-order valence-electron chi connectivity index (χ2n) is 6.22. The van der Waals surface area contributed by atoms with Gasteiger partial charge in [-0.2, -0.15) is 13.2 Å². The molecule has 0 N–H and O–H groups in total. The molecule has 0 fully saturated rings. The molecule has 0 saturated heterocycles. The van der Waals surface area contributed by atoms with Crippen LogP contribution in [0.3, 0.4) is 0 Å². The molecule has 2 rings (SSSR count). The van der Waals surface area contributed by atoms with Gasteiger partial charge in [0.25, 0.3) is 0 Å². The molecule has 132 valence electrons. The van der Waals surface area contributed by atoms with Gasteiger partial charge in [0.2, 0.25) is 0 Å². The van der Waals surface area contributed by atoms with E-state index in [0.29, 0.717) is 17.5 Å². The maximum absolute atomic E-state index is 13.6. The molecule has 0 aliphatic carbocycles. The monoisotopic (exact) mass is 346 g/mol. The number of alkyl halides is 3. The van der Waals surface area contributed by atoms with Gasteiger partial charge in [-0.25, -0.2) is 0 Å². The molecule has 0 aliphatic rings. The van der Waals surface area contributed by atoms with Gasteiger partial charge in [-0.05, 0) is 42.5 Å². The fraction of sp³-hybridized carbons (Fsp3) is 0.286. The van der Waals surface area contributed by atoms with Crippen molar-refractivity contribution in [1.29, 1.82) is 0 Å². The van der Waals surface area contributed by atoms with Gasteiger partial charge in [-0.15, -0.1) is 0 Å². The Labute approximate surface area is 146 Å². The van der Waals surface area contributed by atoms with E-state index in [9.17, 15) is 18.0 Å². The van der Waals surface area contributed by atoms with Crippen molar-refractivity contribution in [1.82, 2.24) is 0 Å². The first-order valence-electron chi connectivity index (χ1n) is 8.15. The van der Waals surface area contributed by atoms with Crippen molar-refractivity contribution in [2.24, 2.45) is 0 Å². The summed E-state index contributed by atoms with van der Waals surface area (Å²) in [4.78, 5) is 10.8. The quantitative estimate of drug-likeness (QED) is 0.603. The van der Waals surface area contributed by atoms with Crippen LogP contribution in [0.5, 0.6) is 0 Å². The summed E-state index contributed by atoms with van der Waals surface area (Å²) in [6.45, 7) is 5.49. The minimum absolute atomic E-state index is 0.252. The van der Waals surface area contributed by atoms with Gasteiger partial charge in [-0.1, -0.05) is 61.0 Å². The highest BCUT2D eigenvalue weighted by molar-refractivity contribution is 5.78. The topological polar surface area (TPSA) is 17.1 Å². The Bertz CT molecular complexity index is 788. The van der Waals surface area contributed by atoms with E-state index in [1.54, 1.807) is 44.2 Å². The molecule has 2 aromatic carbocycles. The van der Waals surface area contributed by atoms with Crippen molar-refractivity contribution in [3.05, 3.63) is 75.9 Å². The molecule has 25 heavy (non-hydrogen) atoms. The average molecular weight is 346 g/mol. The third-order valence-electron chi connectivity index (χ3n) is 4.18. The van der Waals surface area contributed by atoms with Gasteiger partial charge in [0.1, 0.15) is 6.29 Å². The molecule has 1 atom stereocenters. The molecule has 0 bridgehead atoms. The van der Waals surface area contributed by atoms with Crippen LogP contribution >= 0.6 is 0 Å².